The van der Waals surface area contributed by atoms with Crippen LogP contribution in [0.2, 0.25) is 0 Å². The summed E-state index contributed by atoms with van der Waals surface area (Å²) in [5.74, 6) is 1.01. The van der Waals surface area contributed by atoms with Gasteiger partial charge in [-0.25, -0.2) is 0 Å². The Morgan fingerprint density at radius 2 is 2.00 bits per heavy atom. The number of methoxy groups -OCH3 is 1. The SMILES string of the molecule is COc1ccc(C(CO)Cc2cccs2)cc1. The van der Waals surface area contributed by atoms with Crippen LogP contribution in [-0.2, 0) is 6.42 Å². The summed E-state index contributed by atoms with van der Waals surface area (Å²) in [4.78, 5) is 1.31. The fourth-order valence-corrected chi connectivity index (χ4v) is 2.62. The first-order chi connectivity index (χ1) is 8.33. The Balaban J connectivity index is 2.11. The summed E-state index contributed by atoms with van der Waals surface area (Å²) in [5, 5.41) is 11.5. The number of aliphatic hydroxyl groups excluding tert-OH is 1. The molecule has 0 fully saturated rings. The maximum Gasteiger partial charge on any atom is 0.118 e. The van der Waals surface area contributed by atoms with E-state index in [2.05, 4.69) is 11.4 Å². The van der Waals surface area contributed by atoms with Crippen molar-refractivity contribution >= 4 is 11.3 Å². The Kier molecular flexibility index (Phi) is 4.18. The van der Waals surface area contributed by atoms with E-state index in [4.69, 9.17) is 4.74 Å². The Labute approximate surface area is 105 Å². The van der Waals surface area contributed by atoms with Gasteiger partial charge in [-0.2, -0.15) is 0 Å². The molecule has 1 aromatic heterocycles. The molecule has 0 amide bonds. The molecule has 0 aliphatic heterocycles. The molecule has 0 aliphatic carbocycles. The molecular formula is C14H16O2S. The van der Waals surface area contributed by atoms with Crippen molar-refractivity contribution in [1.82, 2.24) is 0 Å². The van der Waals surface area contributed by atoms with Crippen LogP contribution in [0.25, 0.3) is 0 Å². The van der Waals surface area contributed by atoms with Crippen LogP contribution in [0.15, 0.2) is 41.8 Å². The number of benzene rings is 1. The largest absolute Gasteiger partial charge is 0.497 e. The molecule has 1 aromatic carbocycles. The standard InChI is InChI=1S/C14H16O2S/c1-16-13-6-4-11(5-7-13)12(10-15)9-14-3-2-8-17-14/h2-8,12,15H,9-10H2,1H3. The zero-order chi connectivity index (χ0) is 12.1. The molecule has 90 valence electrons. The van der Waals surface area contributed by atoms with Crippen LogP contribution < -0.4 is 4.74 Å². The summed E-state index contributed by atoms with van der Waals surface area (Å²) in [7, 11) is 1.66. The van der Waals surface area contributed by atoms with E-state index in [1.165, 1.54) is 4.88 Å². The summed E-state index contributed by atoms with van der Waals surface area (Å²) < 4.78 is 5.13. The van der Waals surface area contributed by atoms with Crippen molar-refractivity contribution in [3.63, 3.8) is 0 Å². The molecule has 1 unspecified atom stereocenters. The second-order valence-corrected chi connectivity index (χ2v) is 4.97. The van der Waals surface area contributed by atoms with E-state index in [1.807, 2.05) is 30.3 Å². The fourth-order valence-electron chi connectivity index (χ4n) is 1.84. The van der Waals surface area contributed by atoms with Gasteiger partial charge in [0.1, 0.15) is 5.75 Å². The number of rotatable bonds is 5. The van der Waals surface area contributed by atoms with Crippen molar-refractivity contribution in [2.75, 3.05) is 13.7 Å². The van der Waals surface area contributed by atoms with Crippen LogP contribution in [-0.4, -0.2) is 18.8 Å². The van der Waals surface area contributed by atoms with Gasteiger partial charge in [-0.15, -0.1) is 11.3 Å². The molecule has 0 saturated carbocycles. The number of ether oxygens (including phenoxy) is 1. The molecule has 0 bridgehead atoms. The quantitative estimate of drug-likeness (QED) is 0.881. The van der Waals surface area contributed by atoms with E-state index in [9.17, 15) is 5.11 Å². The average Bonchev–Trinajstić information content (AvgIpc) is 2.89. The highest BCUT2D eigenvalue weighted by Crippen LogP contribution is 2.24. The van der Waals surface area contributed by atoms with Crippen molar-refractivity contribution in [3.8, 4) is 5.75 Å². The van der Waals surface area contributed by atoms with Gasteiger partial charge in [0.2, 0.25) is 0 Å². The van der Waals surface area contributed by atoms with E-state index in [0.29, 0.717) is 0 Å². The molecular weight excluding hydrogens is 232 g/mol. The Morgan fingerprint density at radius 3 is 2.53 bits per heavy atom. The topological polar surface area (TPSA) is 29.5 Å². The number of hydrogen-bond donors (Lipinski definition) is 1. The van der Waals surface area contributed by atoms with E-state index in [-0.39, 0.29) is 12.5 Å². The molecule has 2 aromatic rings. The van der Waals surface area contributed by atoms with Gasteiger partial charge >= 0.3 is 0 Å². The van der Waals surface area contributed by atoms with Gasteiger partial charge in [0.05, 0.1) is 13.7 Å². The summed E-state index contributed by atoms with van der Waals surface area (Å²) in [6.07, 6.45) is 0.889. The average molecular weight is 248 g/mol. The maximum absolute atomic E-state index is 9.48. The summed E-state index contributed by atoms with van der Waals surface area (Å²) in [5.41, 5.74) is 1.15. The fraction of sp³-hybridized carbons (Fsp3) is 0.286. The molecule has 0 spiro atoms. The molecule has 2 nitrogen and oxygen atoms in total. The maximum atomic E-state index is 9.48. The van der Waals surface area contributed by atoms with Gasteiger partial charge in [-0.05, 0) is 35.6 Å². The lowest BCUT2D eigenvalue weighted by Crippen LogP contribution is -2.06. The Bertz CT molecular complexity index is 434. The van der Waals surface area contributed by atoms with Crippen molar-refractivity contribution in [1.29, 1.82) is 0 Å². The third kappa shape index (κ3) is 3.08. The minimum Gasteiger partial charge on any atom is -0.497 e. The van der Waals surface area contributed by atoms with E-state index in [0.717, 1.165) is 17.7 Å². The highest BCUT2D eigenvalue weighted by Gasteiger charge is 2.11. The highest BCUT2D eigenvalue weighted by molar-refractivity contribution is 7.09. The van der Waals surface area contributed by atoms with Gasteiger partial charge < -0.3 is 9.84 Å². The molecule has 17 heavy (non-hydrogen) atoms. The second-order valence-electron chi connectivity index (χ2n) is 3.94. The van der Waals surface area contributed by atoms with Crippen LogP contribution in [0.3, 0.4) is 0 Å². The number of thiophene rings is 1. The van der Waals surface area contributed by atoms with Crippen molar-refractivity contribution < 1.29 is 9.84 Å². The number of aliphatic hydroxyl groups is 1. The molecule has 3 heteroatoms. The van der Waals surface area contributed by atoms with Crippen LogP contribution in [0.4, 0.5) is 0 Å². The smallest absolute Gasteiger partial charge is 0.118 e. The predicted molar refractivity (Wildman–Crippen MR) is 70.8 cm³/mol. The van der Waals surface area contributed by atoms with Crippen LogP contribution in [0, 0.1) is 0 Å². The van der Waals surface area contributed by atoms with E-state index in [1.54, 1.807) is 18.4 Å². The zero-order valence-electron chi connectivity index (χ0n) is 9.80. The van der Waals surface area contributed by atoms with Gasteiger partial charge in [-0.3, -0.25) is 0 Å². The first-order valence-electron chi connectivity index (χ1n) is 5.60. The highest BCUT2D eigenvalue weighted by atomic mass is 32.1. The summed E-state index contributed by atoms with van der Waals surface area (Å²) >= 11 is 1.73. The van der Waals surface area contributed by atoms with Crippen LogP contribution in [0.5, 0.6) is 5.75 Å². The van der Waals surface area contributed by atoms with Crippen molar-refractivity contribution in [3.05, 3.63) is 52.2 Å². The van der Waals surface area contributed by atoms with Crippen LogP contribution >= 0.6 is 11.3 Å². The first-order valence-corrected chi connectivity index (χ1v) is 6.48. The minimum atomic E-state index is 0.166. The van der Waals surface area contributed by atoms with E-state index >= 15 is 0 Å². The first kappa shape index (κ1) is 12.1. The van der Waals surface area contributed by atoms with Gasteiger partial charge in [0, 0.05) is 10.8 Å². The lowest BCUT2D eigenvalue weighted by molar-refractivity contribution is 0.265. The van der Waals surface area contributed by atoms with Crippen molar-refractivity contribution in [2.45, 2.75) is 12.3 Å². The normalized spacial score (nSPS) is 12.4. The zero-order valence-corrected chi connectivity index (χ0v) is 10.6. The van der Waals surface area contributed by atoms with E-state index < -0.39 is 0 Å². The third-order valence-electron chi connectivity index (χ3n) is 2.84. The number of hydrogen-bond acceptors (Lipinski definition) is 3. The molecule has 0 aliphatic rings. The molecule has 0 radical (unpaired) electrons. The lowest BCUT2D eigenvalue weighted by Gasteiger charge is -2.14. The predicted octanol–water partition coefficient (Wildman–Crippen LogP) is 3.08. The van der Waals surface area contributed by atoms with Gasteiger partial charge in [-0.1, -0.05) is 18.2 Å². The minimum absolute atomic E-state index is 0.166. The lowest BCUT2D eigenvalue weighted by atomic mass is 9.96. The molecule has 1 atom stereocenters. The molecule has 0 saturated heterocycles. The third-order valence-corrected chi connectivity index (χ3v) is 3.73. The summed E-state index contributed by atoms with van der Waals surface area (Å²) in [6, 6.07) is 12.1. The van der Waals surface area contributed by atoms with Gasteiger partial charge in [0.25, 0.3) is 0 Å². The Hall–Kier alpha value is -1.32. The molecule has 2 rings (SSSR count). The Morgan fingerprint density at radius 1 is 1.24 bits per heavy atom. The molecule has 1 heterocycles. The molecule has 1 N–H and O–H groups in total. The monoisotopic (exact) mass is 248 g/mol. The second kappa shape index (κ2) is 5.84. The van der Waals surface area contributed by atoms with Crippen LogP contribution in [0.1, 0.15) is 16.4 Å². The van der Waals surface area contributed by atoms with Gasteiger partial charge in [0.15, 0.2) is 0 Å². The summed E-state index contributed by atoms with van der Waals surface area (Å²) in [6.45, 7) is 0.171. The van der Waals surface area contributed by atoms with Crippen molar-refractivity contribution in [2.24, 2.45) is 0 Å².